The van der Waals surface area contributed by atoms with Crippen LogP contribution in [0.1, 0.15) is 35.9 Å². The van der Waals surface area contributed by atoms with Gasteiger partial charge in [-0.25, -0.2) is 9.97 Å². The Bertz CT molecular complexity index is 1060. The summed E-state index contributed by atoms with van der Waals surface area (Å²) in [6, 6.07) is 9.29. The highest BCUT2D eigenvalue weighted by Crippen LogP contribution is 2.19. The fourth-order valence-corrected chi connectivity index (χ4v) is 4.24. The van der Waals surface area contributed by atoms with E-state index in [1.54, 1.807) is 6.20 Å². The maximum absolute atomic E-state index is 12.7. The molecule has 0 radical (unpaired) electrons. The van der Waals surface area contributed by atoms with Crippen LogP contribution in [0.4, 0.5) is 5.69 Å². The highest BCUT2D eigenvalue weighted by atomic mass is 35.5. The minimum atomic E-state index is -0.0961. The predicted molar refractivity (Wildman–Crippen MR) is 128 cm³/mol. The quantitative estimate of drug-likeness (QED) is 0.414. The minimum Gasteiger partial charge on any atom is -0.378 e. The first-order valence-corrected chi connectivity index (χ1v) is 11.7. The van der Waals surface area contributed by atoms with Crippen molar-refractivity contribution in [3.05, 3.63) is 54.2 Å². The van der Waals surface area contributed by atoms with Crippen molar-refractivity contribution >= 4 is 23.2 Å². The van der Waals surface area contributed by atoms with Gasteiger partial charge in [0.15, 0.2) is 11.6 Å². The Labute approximate surface area is 198 Å². The van der Waals surface area contributed by atoms with Crippen molar-refractivity contribution in [2.75, 3.05) is 25.0 Å². The van der Waals surface area contributed by atoms with Crippen LogP contribution in [0.2, 0.25) is 0 Å². The number of halogens is 1. The lowest BCUT2D eigenvalue weighted by atomic mass is 9.97. The van der Waals surface area contributed by atoms with E-state index < -0.39 is 0 Å². The lowest BCUT2D eigenvalue weighted by Crippen LogP contribution is -2.43. The summed E-state index contributed by atoms with van der Waals surface area (Å²) in [6.45, 7) is 5.67. The van der Waals surface area contributed by atoms with Crippen LogP contribution in [0, 0.1) is 5.92 Å². The molecule has 2 atom stereocenters. The van der Waals surface area contributed by atoms with E-state index in [0.29, 0.717) is 18.7 Å². The number of aromatic nitrogens is 5. The van der Waals surface area contributed by atoms with Crippen molar-refractivity contribution in [1.82, 2.24) is 35.4 Å². The number of piperidine rings is 1. The van der Waals surface area contributed by atoms with Gasteiger partial charge in [-0.2, -0.15) is 0 Å². The van der Waals surface area contributed by atoms with Crippen LogP contribution in [0.3, 0.4) is 0 Å². The summed E-state index contributed by atoms with van der Waals surface area (Å²) in [5, 5.41) is 18.4. The molecule has 0 spiro atoms. The molecule has 0 aliphatic carbocycles. The third-order valence-electron chi connectivity index (χ3n) is 5.73. The second-order valence-electron chi connectivity index (χ2n) is 8.10. The molecule has 1 fully saturated rings. The van der Waals surface area contributed by atoms with E-state index in [1.165, 1.54) is 6.33 Å². The van der Waals surface area contributed by atoms with E-state index in [9.17, 15) is 4.79 Å². The first-order chi connectivity index (χ1) is 16.2. The molecule has 1 aliphatic heterocycles. The number of rotatable bonds is 9. The SMILES string of the molecule is CCCn1c(CNc2cccc(C(=O)NCC3CCNCC3Cl)c2)nnc1-c1ccncn1. The third-order valence-corrected chi connectivity index (χ3v) is 6.24. The van der Waals surface area contributed by atoms with Gasteiger partial charge in [-0.3, -0.25) is 4.79 Å². The van der Waals surface area contributed by atoms with Crippen LogP contribution in [0.15, 0.2) is 42.9 Å². The number of nitrogens with zero attached hydrogens (tertiary/aromatic N) is 5. The van der Waals surface area contributed by atoms with E-state index in [1.807, 2.05) is 30.3 Å². The van der Waals surface area contributed by atoms with Gasteiger partial charge in [0.25, 0.3) is 5.91 Å². The van der Waals surface area contributed by atoms with Crippen molar-refractivity contribution in [1.29, 1.82) is 0 Å². The van der Waals surface area contributed by atoms with Gasteiger partial charge >= 0.3 is 0 Å². The summed E-state index contributed by atoms with van der Waals surface area (Å²) >= 11 is 6.37. The Morgan fingerprint density at radius 2 is 2.21 bits per heavy atom. The highest BCUT2D eigenvalue weighted by Gasteiger charge is 2.23. The number of nitrogens with one attached hydrogen (secondary N) is 3. The molecule has 33 heavy (non-hydrogen) atoms. The first kappa shape index (κ1) is 23.1. The monoisotopic (exact) mass is 468 g/mol. The number of carbonyl (C=O) groups excluding carboxylic acids is 1. The number of hydrogen-bond donors (Lipinski definition) is 3. The zero-order valence-electron chi connectivity index (χ0n) is 18.7. The van der Waals surface area contributed by atoms with Crippen LogP contribution in [0.25, 0.3) is 11.5 Å². The van der Waals surface area contributed by atoms with Gasteiger partial charge in [0.1, 0.15) is 12.0 Å². The van der Waals surface area contributed by atoms with Crippen LogP contribution in [-0.4, -0.2) is 55.7 Å². The number of anilines is 1. The summed E-state index contributed by atoms with van der Waals surface area (Å²) in [5.41, 5.74) is 2.19. The van der Waals surface area contributed by atoms with E-state index in [2.05, 4.69) is 47.6 Å². The Morgan fingerprint density at radius 1 is 1.30 bits per heavy atom. The Balaban J connectivity index is 1.40. The predicted octanol–water partition coefficient (Wildman–Crippen LogP) is 2.70. The summed E-state index contributed by atoms with van der Waals surface area (Å²) < 4.78 is 2.06. The van der Waals surface area contributed by atoms with Gasteiger partial charge in [0, 0.05) is 37.1 Å². The van der Waals surface area contributed by atoms with Crippen LogP contribution < -0.4 is 16.0 Å². The van der Waals surface area contributed by atoms with Gasteiger partial charge < -0.3 is 20.5 Å². The molecule has 10 heteroatoms. The van der Waals surface area contributed by atoms with Crippen molar-refractivity contribution in [2.24, 2.45) is 5.92 Å². The fourth-order valence-electron chi connectivity index (χ4n) is 3.92. The summed E-state index contributed by atoms with van der Waals surface area (Å²) in [7, 11) is 0. The van der Waals surface area contributed by atoms with Gasteiger partial charge in [0.05, 0.1) is 11.9 Å². The number of alkyl halides is 1. The second-order valence-corrected chi connectivity index (χ2v) is 8.66. The molecule has 174 valence electrons. The largest absolute Gasteiger partial charge is 0.378 e. The number of hydrogen-bond acceptors (Lipinski definition) is 7. The Hall–Kier alpha value is -3.04. The standard InChI is InChI=1S/C23H29ClN8O/c1-2-10-32-21(30-31-22(32)20-7-9-26-15-29-20)14-27-18-5-3-4-16(11-18)23(33)28-12-17-6-8-25-13-19(17)24/h3-5,7,9,11,15,17,19,25,27H,2,6,8,10,12-14H2,1H3,(H,28,33). The van der Waals surface area contributed by atoms with Gasteiger partial charge in [0.2, 0.25) is 0 Å². The van der Waals surface area contributed by atoms with Crippen molar-refractivity contribution in [3.63, 3.8) is 0 Å². The van der Waals surface area contributed by atoms with Gasteiger partial charge in [-0.05, 0) is 49.6 Å². The molecule has 1 aromatic carbocycles. The van der Waals surface area contributed by atoms with Crippen molar-refractivity contribution in [3.8, 4) is 11.5 Å². The molecule has 3 heterocycles. The molecule has 9 nitrogen and oxygen atoms in total. The fraction of sp³-hybridized carbons (Fsp3) is 0.435. The van der Waals surface area contributed by atoms with E-state index in [4.69, 9.17) is 11.6 Å². The molecule has 1 aliphatic rings. The molecule has 0 bridgehead atoms. The van der Waals surface area contributed by atoms with Crippen molar-refractivity contribution in [2.45, 2.75) is 38.2 Å². The normalized spacial score (nSPS) is 18.1. The van der Waals surface area contributed by atoms with E-state index in [-0.39, 0.29) is 17.2 Å². The molecule has 2 aromatic heterocycles. The van der Waals surface area contributed by atoms with E-state index >= 15 is 0 Å². The number of carbonyl (C=O) groups is 1. The molecule has 0 saturated carbocycles. The molecule has 1 saturated heterocycles. The zero-order chi connectivity index (χ0) is 23.0. The molecule has 3 N–H and O–H groups in total. The van der Waals surface area contributed by atoms with Crippen molar-refractivity contribution < 1.29 is 4.79 Å². The number of amides is 1. The average Bonchev–Trinajstić information content (AvgIpc) is 3.25. The molecule has 1 amide bonds. The van der Waals surface area contributed by atoms with Crippen LogP contribution in [-0.2, 0) is 13.1 Å². The van der Waals surface area contributed by atoms with Gasteiger partial charge in [-0.15, -0.1) is 21.8 Å². The highest BCUT2D eigenvalue weighted by molar-refractivity contribution is 6.21. The maximum atomic E-state index is 12.7. The minimum absolute atomic E-state index is 0.0414. The molecular formula is C23H29ClN8O. The summed E-state index contributed by atoms with van der Waals surface area (Å²) in [5.74, 6) is 1.72. The average molecular weight is 469 g/mol. The molecule has 2 unspecified atom stereocenters. The molecule has 3 aromatic rings. The van der Waals surface area contributed by atoms with Gasteiger partial charge in [-0.1, -0.05) is 13.0 Å². The van der Waals surface area contributed by atoms with E-state index in [0.717, 1.165) is 55.5 Å². The lowest BCUT2D eigenvalue weighted by Gasteiger charge is -2.27. The maximum Gasteiger partial charge on any atom is 0.251 e. The lowest BCUT2D eigenvalue weighted by molar-refractivity contribution is 0.0944. The Kier molecular flexibility index (Phi) is 7.85. The molecule has 4 rings (SSSR count). The van der Waals surface area contributed by atoms with Crippen LogP contribution >= 0.6 is 11.6 Å². The summed E-state index contributed by atoms with van der Waals surface area (Å²) in [4.78, 5) is 21.0. The zero-order valence-corrected chi connectivity index (χ0v) is 19.4. The third kappa shape index (κ3) is 5.85. The summed E-state index contributed by atoms with van der Waals surface area (Å²) in [6.07, 6.45) is 5.11. The number of benzene rings is 1. The second kappa shape index (κ2) is 11.2. The molecular weight excluding hydrogens is 440 g/mol. The topological polar surface area (TPSA) is 110 Å². The van der Waals surface area contributed by atoms with Crippen LogP contribution in [0.5, 0.6) is 0 Å². The Morgan fingerprint density at radius 3 is 3.00 bits per heavy atom. The smallest absolute Gasteiger partial charge is 0.251 e. The first-order valence-electron chi connectivity index (χ1n) is 11.3.